The molecule has 0 bridgehead atoms. The molecule has 2 heterocycles. The summed E-state index contributed by atoms with van der Waals surface area (Å²) in [5, 5.41) is 37.1. The van der Waals surface area contributed by atoms with E-state index >= 15 is 4.79 Å². The second-order valence-corrected chi connectivity index (χ2v) is 36.4. The molecule has 2 fully saturated rings. The molecule has 1 aliphatic carbocycles. The predicted molar refractivity (Wildman–Crippen MR) is 483 cm³/mol. The summed E-state index contributed by atoms with van der Waals surface area (Å²) in [6.45, 7) is 25.2. The van der Waals surface area contributed by atoms with Crippen molar-refractivity contribution < 1.29 is 81.6 Å². The quantitative estimate of drug-likeness (QED) is 0.0128. The van der Waals surface area contributed by atoms with Crippen molar-refractivity contribution in [3.8, 4) is 11.1 Å². The fourth-order valence-corrected chi connectivity index (χ4v) is 17.7. The fraction of sp³-hybridized carbons (Fsp3) is 0.543. The molecule has 0 aromatic heterocycles. The number of rotatable bonds is 44. The molecule has 8 rings (SSSR count). The monoisotopic (exact) mass is 1760 g/mol. The van der Waals surface area contributed by atoms with Crippen molar-refractivity contribution in [2.24, 2.45) is 17.8 Å². The van der Waals surface area contributed by atoms with E-state index in [0.29, 0.717) is 44.9 Å². The lowest BCUT2D eigenvalue weighted by Gasteiger charge is -2.36. The van der Waals surface area contributed by atoms with E-state index in [1.54, 1.807) is 69.2 Å². The lowest BCUT2D eigenvalue weighted by Crippen LogP contribution is -2.63. The zero-order chi connectivity index (χ0) is 91.6. The Bertz CT molecular complexity index is 4370. The van der Waals surface area contributed by atoms with E-state index in [2.05, 4.69) is 65.8 Å². The van der Waals surface area contributed by atoms with E-state index in [4.69, 9.17) is 14.2 Å². The smallest absolute Gasteiger partial charge is 0.407 e. The number of carbonyl (C=O) groups is 13. The maximum atomic E-state index is 15.0. The molecular weight excluding hydrogens is 1630 g/mol. The third kappa shape index (κ3) is 27.1. The van der Waals surface area contributed by atoms with Crippen LogP contribution < -0.4 is 53.2 Å². The van der Waals surface area contributed by atoms with Crippen molar-refractivity contribution in [2.75, 3.05) is 44.4 Å². The van der Waals surface area contributed by atoms with Gasteiger partial charge in [0.05, 0.1) is 35.2 Å². The number of carboxylic acids is 1. The fourth-order valence-electron chi connectivity index (χ4n) is 15.9. The summed E-state index contributed by atoms with van der Waals surface area (Å²) >= 11 is 5.47. The molecule has 15 atom stereocenters. The van der Waals surface area contributed by atoms with Crippen molar-refractivity contribution in [3.05, 3.63) is 167 Å². The summed E-state index contributed by atoms with van der Waals surface area (Å²) in [6.07, 6.45) is 1.66. The number of ether oxygens (including phenoxy) is 3. The number of aliphatic carboxylic acids is 1. The van der Waals surface area contributed by atoms with Crippen LogP contribution in [-0.2, 0) is 76.5 Å². The van der Waals surface area contributed by atoms with E-state index in [1.165, 1.54) is 28.5 Å². The van der Waals surface area contributed by atoms with Gasteiger partial charge in [-0.1, -0.05) is 220 Å². The van der Waals surface area contributed by atoms with Crippen LogP contribution in [-0.4, -0.2) is 220 Å². The van der Waals surface area contributed by atoms with E-state index in [1.807, 2.05) is 167 Å². The summed E-state index contributed by atoms with van der Waals surface area (Å²) < 4.78 is 17.5. The highest BCUT2D eigenvalue weighted by Crippen LogP contribution is 2.49. The summed E-state index contributed by atoms with van der Waals surface area (Å²) in [5.74, 6) is -11.3. The van der Waals surface area contributed by atoms with Crippen molar-refractivity contribution in [1.29, 1.82) is 0 Å². The number of amides is 12. The summed E-state index contributed by atoms with van der Waals surface area (Å²) in [7, 11) is 0. The number of hydrogen-bond donors (Lipinski definition) is 12. The van der Waals surface area contributed by atoms with E-state index in [9.17, 15) is 62.6 Å². The molecule has 0 saturated carbocycles. The Balaban J connectivity index is 0.951. The molecular formula is C94H130N12O17S2. The van der Waals surface area contributed by atoms with Gasteiger partial charge in [0.2, 0.25) is 65.0 Å². The second-order valence-electron chi connectivity index (χ2n) is 34.8. The zero-order valence-electron chi connectivity index (χ0n) is 74.8. The molecule has 2 saturated heterocycles. The lowest BCUT2D eigenvalue weighted by molar-refractivity contribution is -0.149. The number of thioether (sulfide) groups is 1. The van der Waals surface area contributed by atoms with Gasteiger partial charge in [-0.2, -0.15) is 12.6 Å². The molecule has 680 valence electrons. The third-order valence-corrected chi connectivity index (χ3v) is 25.4. The van der Waals surface area contributed by atoms with Crippen molar-refractivity contribution in [3.63, 3.8) is 0 Å². The summed E-state index contributed by atoms with van der Waals surface area (Å²) in [4.78, 5) is 190. The molecule has 125 heavy (non-hydrogen) atoms. The van der Waals surface area contributed by atoms with Crippen LogP contribution in [0.3, 0.4) is 0 Å². The van der Waals surface area contributed by atoms with E-state index < -0.39 is 196 Å². The SMILES string of the molecule is CCCC[C@H](NC(=O)[C@@H](NC(=O)CNC(=O)[C@H](CSC(c1ccccc1)(c1ccccc1)c1ccccc1)NC(=O)OCC1c2ccccc2-c2ccccc21)[C@@H](C)CC)C(=O)N[C@H](C(=O)N[C@@H](C)C(=O)N[C@@H](COC(C)(C)C)C(=O)N[C@H](C(=O)N1CCC[C@H]1C(=O)N1CCC[C@H]1C(=O)N[C@H](C(=O)N[C@@H](CS)C(=O)O)[C@@H](C)CC)[C@@H](C)CC)[C@@H](C)OC(C)(C)C. The topological polar surface area (TPSA) is 397 Å². The highest BCUT2D eigenvalue weighted by molar-refractivity contribution is 8.00. The number of carboxylic acid groups (broad SMARTS) is 1. The number of alkyl carbamates (subject to hydrolysis) is 1. The second kappa shape index (κ2) is 46.7. The van der Waals surface area contributed by atoms with Crippen LogP contribution in [0.15, 0.2) is 140 Å². The summed E-state index contributed by atoms with van der Waals surface area (Å²) in [6, 6.07) is 31.2. The minimum atomic E-state index is -1.53. The Morgan fingerprint density at radius 2 is 0.968 bits per heavy atom. The molecule has 2 aliphatic heterocycles. The number of carbonyl (C=O) groups excluding carboxylic acids is 12. The number of fused-ring (bicyclic) bond motifs is 3. The van der Waals surface area contributed by atoms with Crippen molar-refractivity contribution >= 4 is 101 Å². The van der Waals surface area contributed by atoms with Gasteiger partial charge in [0.25, 0.3) is 0 Å². The molecule has 5 aromatic rings. The molecule has 11 N–H and O–H groups in total. The van der Waals surface area contributed by atoms with Crippen molar-refractivity contribution in [1.82, 2.24) is 63.0 Å². The third-order valence-electron chi connectivity index (χ3n) is 23.4. The van der Waals surface area contributed by atoms with Gasteiger partial charge in [0, 0.05) is 30.5 Å². The first-order chi connectivity index (χ1) is 59.4. The number of nitrogens with zero attached hydrogens (tertiary/aromatic N) is 2. The van der Waals surface area contributed by atoms with Gasteiger partial charge in [0.1, 0.15) is 73.1 Å². The van der Waals surface area contributed by atoms with Crippen LogP contribution in [0.5, 0.6) is 0 Å². The van der Waals surface area contributed by atoms with Gasteiger partial charge in [-0.15, -0.1) is 11.8 Å². The van der Waals surface area contributed by atoms with Gasteiger partial charge < -0.3 is 82.3 Å². The Labute approximate surface area is 745 Å². The van der Waals surface area contributed by atoms with Gasteiger partial charge in [-0.05, 0) is 144 Å². The van der Waals surface area contributed by atoms with Crippen LogP contribution in [0.25, 0.3) is 11.1 Å². The normalized spacial score (nSPS) is 17.7. The Kier molecular flexibility index (Phi) is 37.4. The van der Waals surface area contributed by atoms with Crippen molar-refractivity contribution in [2.45, 2.75) is 262 Å². The largest absolute Gasteiger partial charge is 0.480 e. The predicted octanol–water partition coefficient (Wildman–Crippen LogP) is 8.98. The van der Waals surface area contributed by atoms with Gasteiger partial charge in [-0.3, -0.25) is 52.7 Å². The molecule has 0 unspecified atom stereocenters. The number of nitrogens with one attached hydrogen (secondary N) is 10. The first-order valence-corrected chi connectivity index (χ1v) is 45.4. The lowest BCUT2D eigenvalue weighted by atomic mass is 9.84. The minimum Gasteiger partial charge on any atom is -0.480 e. The maximum Gasteiger partial charge on any atom is 0.407 e. The highest BCUT2D eigenvalue weighted by atomic mass is 32.2. The summed E-state index contributed by atoms with van der Waals surface area (Å²) in [5.41, 5.74) is 4.99. The molecule has 31 heteroatoms. The van der Waals surface area contributed by atoms with Crippen LogP contribution in [0.4, 0.5) is 4.79 Å². The number of thiol groups is 1. The number of benzene rings is 5. The average Bonchev–Trinajstić information content (AvgIpc) is 1.73. The highest BCUT2D eigenvalue weighted by Gasteiger charge is 2.47. The Hall–Kier alpha value is -10.4. The Morgan fingerprint density at radius 3 is 1.48 bits per heavy atom. The minimum absolute atomic E-state index is 0.0385. The standard InChI is InChI=1S/C94H130N12O17S2/c1-16-20-46-69(97-85(113)76(56(5)17-2)101-75(107)51-95-81(109)72(100-91(120)121-52-68-66-44-32-30-42-64(66)65-43-31-33-45-67(65)68)55-125-94(61-36-24-21-25-37-61,62-38-26-22-27-39-62)63-40-28-23-29-41-63)82(110)104-79(60(9)123-93(13,14)15)87(115)96-59(8)80(108)98-70(53-122-92(10,11)12)83(111)103-78(58(7)19-4)89(117)106-50-35-48-74(106)88(116)105-49-34-47-73(105)84(112)102-77(57(6)18-3)86(114)99-71(54-124)90(118)119/h21-33,36-45,56-60,68-74,76-79,124H,16-20,34-35,46-55H2,1-15H3,(H,95,109)(H,96,115)(H,97,113)(H,98,108)(H,99,114)(H,100,120)(H,101,107)(H,102,112)(H,103,111)(H,104,110)(H,118,119)/t56-,57-,58-,59-,60+,69-,70-,71-,72-,73-,74-,76-,77-,78-,79-/m0/s1. The molecule has 29 nitrogen and oxygen atoms in total. The van der Waals surface area contributed by atoms with Crippen LogP contribution in [0.1, 0.15) is 202 Å². The van der Waals surface area contributed by atoms with E-state index in [0.717, 1.165) is 38.9 Å². The van der Waals surface area contributed by atoms with Crippen LogP contribution in [0, 0.1) is 17.8 Å². The molecule has 0 spiro atoms. The average molecular weight is 1760 g/mol. The molecule has 3 aliphatic rings. The van der Waals surface area contributed by atoms with Crippen LogP contribution in [0.2, 0.25) is 0 Å². The number of unbranched alkanes of at least 4 members (excludes halogenated alkanes) is 1. The van der Waals surface area contributed by atoms with Gasteiger partial charge in [-0.25, -0.2) is 9.59 Å². The van der Waals surface area contributed by atoms with Gasteiger partial charge >= 0.3 is 12.1 Å². The van der Waals surface area contributed by atoms with Gasteiger partial charge in [0.15, 0.2) is 0 Å². The maximum absolute atomic E-state index is 15.0. The molecule has 5 aromatic carbocycles. The van der Waals surface area contributed by atoms with E-state index in [-0.39, 0.29) is 56.4 Å². The molecule has 0 radical (unpaired) electrons. The first kappa shape index (κ1) is 100. The van der Waals surface area contributed by atoms with Crippen LogP contribution >= 0.6 is 24.4 Å². The molecule has 12 amide bonds. The zero-order valence-corrected chi connectivity index (χ0v) is 76.5. The number of hydrogen-bond acceptors (Lipinski definition) is 18. The number of likely N-dealkylation sites (tertiary alicyclic amines) is 2. The Morgan fingerprint density at radius 1 is 0.496 bits per heavy atom. The first-order valence-electron chi connectivity index (χ1n) is 43.8.